The summed E-state index contributed by atoms with van der Waals surface area (Å²) in [7, 11) is 1.74. The van der Waals surface area contributed by atoms with Crippen LogP contribution in [-0.2, 0) is 7.05 Å². The molecule has 1 amide bonds. The molecule has 0 aliphatic carbocycles. The summed E-state index contributed by atoms with van der Waals surface area (Å²) in [4.78, 5) is 11.9. The number of nitrogens with one attached hydrogen (secondary N) is 1. The highest BCUT2D eigenvalue weighted by atomic mass is 19.1. The molecule has 2 aromatic rings. The number of aryl methyl sites for hydroxylation is 2. The number of nitrogens with zero attached hydrogens (tertiary/aromatic N) is 2. The van der Waals surface area contributed by atoms with E-state index in [1.165, 1.54) is 0 Å². The molecule has 0 bridgehead atoms. The van der Waals surface area contributed by atoms with Crippen LogP contribution in [0.5, 0.6) is 0 Å². The average Bonchev–Trinajstić information content (AvgIpc) is 2.59. The molecular formula is C13H13F2N3O. The smallest absolute Gasteiger partial charge is 0.258 e. The molecule has 0 unspecified atom stereocenters. The number of hydrogen-bond acceptors (Lipinski definition) is 2. The second-order valence-corrected chi connectivity index (χ2v) is 4.25. The summed E-state index contributed by atoms with van der Waals surface area (Å²) in [5, 5.41) is 6.69. The molecule has 6 heteroatoms. The third-order valence-electron chi connectivity index (χ3n) is 2.92. The number of rotatable bonds is 2. The minimum Gasteiger partial charge on any atom is -0.319 e. The number of amides is 1. The molecule has 19 heavy (non-hydrogen) atoms. The van der Waals surface area contributed by atoms with Crippen molar-refractivity contribution in [1.29, 1.82) is 0 Å². The number of halogens is 2. The zero-order chi connectivity index (χ0) is 14.2. The SMILES string of the molecule is Cc1nn(C)c(C)c1NC(=O)c1cc(F)ccc1F. The van der Waals surface area contributed by atoms with Gasteiger partial charge in [0.05, 0.1) is 22.6 Å². The summed E-state index contributed by atoms with van der Waals surface area (Å²) < 4.78 is 28.1. The molecule has 4 nitrogen and oxygen atoms in total. The zero-order valence-electron chi connectivity index (χ0n) is 10.8. The van der Waals surface area contributed by atoms with E-state index >= 15 is 0 Å². The summed E-state index contributed by atoms with van der Waals surface area (Å²) in [6, 6.07) is 2.76. The van der Waals surface area contributed by atoms with E-state index < -0.39 is 17.5 Å². The summed E-state index contributed by atoms with van der Waals surface area (Å²) in [5.41, 5.74) is 1.53. The Morgan fingerprint density at radius 3 is 2.58 bits per heavy atom. The van der Waals surface area contributed by atoms with Crippen LogP contribution in [0.25, 0.3) is 0 Å². The molecule has 0 fully saturated rings. The van der Waals surface area contributed by atoms with Gasteiger partial charge < -0.3 is 5.32 Å². The highest BCUT2D eigenvalue weighted by Gasteiger charge is 2.17. The van der Waals surface area contributed by atoms with Gasteiger partial charge in [0.25, 0.3) is 5.91 Å². The quantitative estimate of drug-likeness (QED) is 0.907. The minimum absolute atomic E-state index is 0.331. The van der Waals surface area contributed by atoms with E-state index in [0.29, 0.717) is 11.4 Å². The Morgan fingerprint density at radius 2 is 2.00 bits per heavy atom. The first-order valence-electron chi connectivity index (χ1n) is 5.66. The first-order valence-corrected chi connectivity index (χ1v) is 5.66. The molecule has 0 saturated carbocycles. The van der Waals surface area contributed by atoms with E-state index in [9.17, 15) is 13.6 Å². The molecule has 2 rings (SSSR count). The first-order chi connectivity index (χ1) is 8.90. The number of carbonyl (C=O) groups excluding carboxylic acids is 1. The Bertz CT molecular complexity index is 650. The fraction of sp³-hybridized carbons (Fsp3) is 0.231. The van der Waals surface area contributed by atoms with E-state index in [-0.39, 0.29) is 5.56 Å². The normalized spacial score (nSPS) is 10.6. The van der Waals surface area contributed by atoms with Crippen LogP contribution in [0.2, 0.25) is 0 Å². The summed E-state index contributed by atoms with van der Waals surface area (Å²) >= 11 is 0. The molecule has 1 heterocycles. The van der Waals surface area contributed by atoms with Gasteiger partial charge in [-0.3, -0.25) is 9.48 Å². The summed E-state index contributed by atoms with van der Waals surface area (Å²) in [6.45, 7) is 3.50. The van der Waals surface area contributed by atoms with Gasteiger partial charge >= 0.3 is 0 Å². The number of benzene rings is 1. The maximum absolute atomic E-state index is 13.5. The van der Waals surface area contributed by atoms with Crippen LogP contribution >= 0.6 is 0 Å². The van der Waals surface area contributed by atoms with Crippen molar-refractivity contribution < 1.29 is 13.6 Å². The van der Waals surface area contributed by atoms with Gasteiger partial charge in [0.15, 0.2) is 0 Å². The highest BCUT2D eigenvalue weighted by Crippen LogP contribution is 2.20. The predicted molar refractivity (Wildman–Crippen MR) is 67.0 cm³/mol. The second kappa shape index (κ2) is 4.79. The summed E-state index contributed by atoms with van der Waals surface area (Å²) in [5.74, 6) is -2.12. The molecule has 100 valence electrons. The number of aromatic nitrogens is 2. The Labute approximate surface area is 109 Å². The Balaban J connectivity index is 2.33. The zero-order valence-corrected chi connectivity index (χ0v) is 10.8. The number of anilines is 1. The lowest BCUT2D eigenvalue weighted by atomic mass is 10.2. The third-order valence-corrected chi connectivity index (χ3v) is 2.92. The summed E-state index contributed by atoms with van der Waals surface area (Å²) in [6.07, 6.45) is 0. The van der Waals surface area contributed by atoms with Crippen LogP contribution in [0.1, 0.15) is 21.7 Å². The van der Waals surface area contributed by atoms with Gasteiger partial charge in [-0.25, -0.2) is 8.78 Å². The van der Waals surface area contributed by atoms with E-state index in [0.717, 1.165) is 23.9 Å². The van der Waals surface area contributed by atoms with Crippen molar-refractivity contribution in [1.82, 2.24) is 9.78 Å². The van der Waals surface area contributed by atoms with Gasteiger partial charge in [-0.15, -0.1) is 0 Å². The van der Waals surface area contributed by atoms with Crippen LogP contribution in [-0.4, -0.2) is 15.7 Å². The molecule has 1 aromatic heterocycles. The maximum atomic E-state index is 13.5. The molecule has 0 atom stereocenters. The fourth-order valence-electron chi connectivity index (χ4n) is 1.81. The fourth-order valence-corrected chi connectivity index (χ4v) is 1.81. The van der Waals surface area contributed by atoms with Crippen LogP contribution in [0, 0.1) is 25.5 Å². The highest BCUT2D eigenvalue weighted by molar-refractivity contribution is 6.05. The Kier molecular flexibility index (Phi) is 3.33. The van der Waals surface area contributed by atoms with Gasteiger partial charge in [-0.05, 0) is 32.0 Å². The van der Waals surface area contributed by atoms with E-state index in [2.05, 4.69) is 10.4 Å². The van der Waals surface area contributed by atoms with Crippen molar-refractivity contribution in [3.05, 3.63) is 46.8 Å². The van der Waals surface area contributed by atoms with Crippen LogP contribution in [0.3, 0.4) is 0 Å². The Hall–Kier alpha value is -2.24. The van der Waals surface area contributed by atoms with Crippen molar-refractivity contribution in [2.24, 2.45) is 7.05 Å². The van der Waals surface area contributed by atoms with E-state index in [1.807, 2.05) is 0 Å². The molecule has 0 saturated heterocycles. The molecule has 0 aliphatic heterocycles. The molecule has 0 aliphatic rings. The van der Waals surface area contributed by atoms with Crippen LogP contribution in [0.4, 0.5) is 14.5 Å². The second-order valence-electron chi connectivity index (χ2n) is 4.25. The van der Waals surface area contributed by atoms with Crippen molar-refractivity contribution in [2.45, 2.75) is 13.8 Å². The topological polar surface area (TPSA) is 46.9 Å². The van der Waals surface area contributed by atoms with Gasteiger partial charge in [0, 0.05) is 7.05 Å². The molecular weight excluding hydrogens is 252 g/mol. The number of hydrogen-bond donors (Lipinski definition) is 1. The van der Waals surface area contributed by atoms with Crippen molar-refractivity contribution in [3.8, 4) is 0 Å². The minimum atomic E-state index is -0.766. The van der Waals surface area contributed by atoms with Crippen LogP contribution < -0.4 is 5.32 Å². The van der Waals surface area contributed by atoms with Crippen molar-refractivity contribution >= 4 is 11.6 Å². The molecule has 1 aromatic carbocycles. The van der Waals surface area contributed by atoms with Gasteiger partial charge in [-0.2, -0.15) is 5.10 Å². The first kappa shape index (κ1) is 13.2. The average molecular weight is 265 g/mol. The van der Waals surface area contributed by atoms with Crippen molar-refractivity contribution in [3.63, 3.8) is 0 Å². The lowest BCUT2D eigenvalue weighted by Gasteiger charge is -2.06. The Morgan fingerprint density at radius 1 is 1.32 bits per heavy atom. The largest absolute Gasteiger partial charge is 0.319 e. The number of carbonyl (C=O) groups is 1. The lowest BCUT2D eigenvalue weighted by Crippen LogP contribution is -2.15. The van der Waals surface area contributed by atoms with Crippen molar-refractivity contribution in [2.75, 3.05) is 5.32 Å². The molecule has 1 N–H and O–H groups in total. The van der Waals surface area contributed by atoms with Gasteiger partial charge in [0.2, 0.25) is 0 Å². The standard InChI is InChI=1S/C13H13F2N3O/c1-7-12(8(2)18(3)17-7)16-13(19)10-6-9(14)4-5-11(10)15/h4-6H,1-3H3,(H,16,19). The lowest BCUT2D eigenvalue weighted by molar-refractivity contribution is 0.102. The van der Waals surface area contributed by atoms with Crippen LogP contribution in [0.15, 0.2) is 18.2 Å². The van der Waals surface area contributed by atoms with E-state index in [4.69, 9.17) is 0 Å². The third kappa shape index (κ3) is 2.47. The van der Waals surface area contributed by atoms with E-state index in [1.54, 1.807) is 25.6 Å². The van der Waals surface area contributed by atoms with Gasteiger partial charge in [0.1, 0.15) is 11.6 Å². The molecule has 0 spiro atoms. The maximum Gasteiger partial charge on any atom is 0.258 e. The predicted octanol–water partition coefficient (Wildman–Crippen LogP) is 2.57. The molecule has 0 radical (unpaired) electrons. The van der Waals surface area contributed by atoms with Gasteiger partial charge in [-0.1, -0.05) is 0 Å². The monoisotopic (exact) mass is 265 g/mol.